The number of amides is 3. The van der Waals surface area contributed by atoms with Crippen molar-refractivity contribution >= 4 is 45.9 Å². The van der Waals surface area contributed by atoms with Crippen LogP contribution in [0.4, 0.5) is 5.69 Å². The molecule has 8 heteroatoms. The molecule has 4 rings (SSSR count). The first-order valence-electron chi connectivity index (χ1n) is 12.2. The van der Waals surface area contributed by atoms with Gasteiger partial charge in [-0.3, -0.25) is 19.4 Å². The van der Waals surface area contributed by atoms with Crippen molar-refractivity contribution < 1.29 is 14.4 Å². The van der Waals surface area contributed by atoms with Gasteiger partial charge in [-0.1, -0.05) is 61.5 Å². The number of carbonyl (C=O) groups excluding carboxylic acids is 3. The summed E-state index contributed by atoms with van der Waals surface area (Å²) in [5.41, 5.74) is 1.76. The summed E-state index contributed by atoms with van der Waals surface area (Å²) in [6.45, 7) is 4.13. The fourth-order valence-corrected chi connectivity index (χ4v) is 5.35. The molecular weight excluding hydrogens is 472 g/mol. The molecule has 1 aliphatic heterocycles. The Bertz CT molecular complexity index is 1260. The largest absolute Gasteiger partial charge is 0.344 e. The molecular formula is C28H32N4O3S. The smallest absolute Gasteiger partial charge is 0.259 e. The maximum Gasteiger partial charge on any atom is 0.259 e. The van der Waals surface area contributed by atoms with Gasteiger partial charge < -0.3 is 10.2 Å². The second kappa shape index (κ2) is 11.6. The molecule has 0 spiro atoms. The van der Waals surface area contributed by atoms with Crippen LogP contribution in [-0.4, -0.2) is 47.6 Å². The fraction of sp³-hybridized carbons (Fsp3) is 0.321. The van der Waals surface area contributed by atoms with Crippen molar-refractivity contribution in [2.24, 2.45) is 11.8 Å². The number of hydrogen-bond donors (Lipinski definition) is 2. The quantitative estimate of drug-likeness (QED) is 0.277. The number of rotatable bonds is 8. The minimum absolute atomic E-state index is 0.00462. The summed E-state index contributed by atoms with van der Waals surface area (Å²) in [4.78, 5) is 41.9. The zero-order chi connectivity index (χ0) is 25.7. The number of benzene rings is 3. The van der Waals surface area contributed by atoms with Crippen LogP contribution in [0.5, 0.6) is 0 Å². The minimum atomic E-state index is -0.811. The highest BCUT2D eigenvalue weighted by Gasteiger charge is 2.30. The fourth-order valence-electron chi connectivity index (χ4n) is 4.35. The summed E-state index contributed by atoms with van der Waals surface area (Å²) in [5, 5.41) is 6.22. The van der Waals surface area contributed by atoms with Crippen LogP contribution in [0, 0.1) is 5.92 Å². The molecule has 2 unspecified atom stereocenters. The van der Waals surface area contributed by atoms with Crippen LogP contribution in [-0.2, 0) is 20.8 Å². The number of carbonyl (C=O) groups is 3. The number of fused-ring (bicyclic) bond motifs is 2. The summed E-state index contributed by atoms with van der Waals surface area (Å²) >= 11 is 1.65. The average Bonchev–Trinajstić information content (AvgIpc) is 3.05. The first-order valence-corrected chi connectivity index (χ1v) is 13.2. The molecule has 0 aromatic heterocycles. The van der Waals surface area contributed by atoms with Crippen LogP contribution in [0.1, 0.15) is 25.8 Å². The second-order valence-corrected chi connectivity index (χ2v) is 10.2. The number of hydrogen-bond acceptors (Lipinski definition) is 5. The Balaban J connectivity index is 1.51. The van der Waals surface area contributed by atoms with Crippen molar-refractivity contribution in [2.45, 2.75) is 37.6 Å². The van der Waals surface area contributed by atoms with E-state index in [1.54, 1.807) is 30.5 Å². The molecule has 36 heavy (non-hydrogen) atoms. The summed E-state index contributed by atoms with van der Waals surface area (Å²) in [6, 6.07) is 21.0. The van der Waals surface area contributed by atoms with Gasteiger partial charge in [-0.25, -0.2) is 5.84 Å². The molecule has 3 aromatic carbocycles. The van der Waals surface area contributed by atoms with Gasteiger partial charge in [0, 0.05) is 36.6 Å². The molecule has 0 fully saturated rings. The van der Waals surface area contributed by atoms with Gasteiger partial charge in [0.1, 0.15) is 6.04 Å². The van der Waals surface area contributed by atoms with E-state index in [1.165, 1.54) is 0 Å². The first-order chi connectivity index (χ1) is 17.4. The van der Waals surface area contributed by atoms with Crippen molar-refractivity contribution in [1.82, 2.24) is 10.3 Å². The predicted octanol–water partition coefficient (Wildman–Crippen LogP) is 3.75. The summed E-state index contributed by atoms with van der Waals surface area (Å²) in [7, 11) is 0. The van der Waals surface area contributed by atoms with Crippen LogP contribution in [0.2, 0.25) is 0 Å². The lowest BCUT2D eigenvalue weighted by Gasteiger charge is -2.28. The van der Waals surface area contributed by atoms with Gasteiger partial charge in [-0.15, -0.1) is 11.8 Å². The molecule has 3 amide bonds. The van der Waals surface area contributed by atoms with Crippen molar-refractivity contribution in [3.05, 3.63) is 72.3 Å². The van der Waals surface area contributed by atoms with Gasteiger partial charge in [0.05, 0.1) is 11.6 Å². The molecule has 0 radical (unpaired) electrons. The summed E-state index contributed by atoms with van der Waals surface area (Å²) in [5.74, 6) is 5.47. The van der Waals surface area contributed by atoms with Crippen molar-refractivity contribution in [2.75, 3.05) is 23.7 Å². The van der Waals surface area contributed by atoms with E-state index in [-0.39, 0.29) is 24.3 Å². The van der Waals surface area contributed by atoms with Gasteiger partial charge in [-0.2, -0.15) is 0 Å². The van der Waals surface area contributed by atoms with Gasteiger partial charge in [0.25, 0.3) is 5.91 Å². The zero-order valence-electron chi connectivity index (χ0n) is 20.6. The predicted molar refractivity (Wildman–Crippen MR) is 144 cm³/mol. The Morgan fingerprint density at radius 3 is 2.58 bits per heavy atom. The Morgan fingerprint density at radius 1 is 1.08 bits per heavy atom. The third-order valence-corrected chi connectivity index (χ3v) is 7.49. The molecule has 0 saturated carbocycles. The Hall–Kier alpha value is -3.36. The lowest BCUT2D eigenvalue weighted by Crippen LogP contribution is -2.53. The highest BCUT2D eigenvalue weighted by molar-refractivity contribution is 7.99. The highest BCUT2D eigenvalue weighted by atomic mass is 32.2. The number of hydrazine groups is 1. The van der Waals surface area contributed by atoms with Crippen LogP contribution in [0.3, 0.4) is 0 Å². The van der Waals surface area contributed by atoms with E-state index in [0.717, 1.165) is 31.9 Å². The number of likely N-dealkylation sites (N-methyl/N-ethyl adjacent to an activating group) is 1. The van der Waals surface area contributed by atoms with E-state index in [2.05, 4.69) is 5.32 Å². The Kier molecular flexibility index (Phi) is 8.28. The topological polar surface area (TPSA) is 95.7 Å². The van der Waals surface area contributed by atoms with E-state index in [4.69, 9.17) is 5.84 Å². The number of nitrogens with two attached hydrogens (primary N) is 1. The van der Waals surface area contributed by atoms with Crippen molar-refractivity contribution in [3.8, 4) is 0 Å². The highest BCUT2D eigenvalue weighted by Crippen LogP contribution is 2.34. The first kappa shape index (κ1) is 25.7. The Labute approximate surface area is 216 Å². The molecule has 1 heterocycles. The maximum absolute atomic E-state index is 13.3. The van der Waals surface area contributed by atoms with E-state index < -0.39 is 12.0 Å². The lowest BCUT2D eigenvalue weighted by atomic mass is 10.00. The molecule has 1 aliphatic rings. The van der Waals surface area contributed by atoms with Gasteiger partial charge in [-0.05, 0) is 35.4 Å². The molecule has 188 valence electrons. The summed E-state index contributed by atoms with van der Waals surface area (Å²) < 4.78 is 0. The van der Waals surface area contributed by atoms with E-state index in [1.807, 2.05) is 66.7 Å². The monoisotopic (exact) mass is 504 g/mol. The summed E-state index contributed by atoms with van der Waals surface area (Å²) in [6.07, 6.45) is 0.730. The number of para-hydroxylation sites is 1. The molecule has 0 aliphatic carbocycles. The van der Waals surface area contributed by atoms with Gasteiger partial charge in [0.2, 0.25) is 11.8 Å². The van der Waals surface area contributed by atoms with E-state index in [9.17, 15) is 14.4 Å². The molecule has 0 bridgehead atoms. The van der Waals surface area contributed by atoms with Gasteiger partial charge >= 0.3 is 0 Å². The van der Waals surface area contributed by atoms with Gasteiger partial charge in [0.15, 0.2) is 0 Å². The maximum atomic E-state index is 13.3. The van der Waals surface area contributed by atoms with Crippen molar-refractivity contribution in [3.63, 3.8) is 0 Å². The SMILES string of the molecule is CCN(N)C(=O)C(Cc1ccc2ccccc2c1)NC(=O)C(C)CN1C(=O)CCSc2ccccc21. The molecule has 0 saturated heterocycles. The number of anilines is 1. The minimum Gasteiger partial charge on any atom is -0.344 e. The van der Waals surface area contributed by atoms with Crippen LogP contribution in [0.15, 0.2) is 71.6 Å². The van der Waals surface area contributed by atoms with Crippen molar-refractivity contribution in [1.29, 1.82) is 0 Å². The number of thioether (sulfide) groups is 1. The third kappa shape index (κ3) is 5.88. The number of nitrogens with zero attached hydrogens (tertiary/aromatic N) is 2. The third-order valence-electron chi connectivity index (χ3n) is 6.43. The number of nitrogens with one attached hydrogen (secondary N) is 1. The zero-order valence-corrected chi connectivity index (χ0v) is 21.5. The normalized spacial score (nSPS) is 15.1. The molecule has 3 N–H and O–H groups in total. The van der Waals surface area contributed by atoms with E-state index >= 15 is 0 Å². The standard InChI is InChI=1S/C28H32N4O3S/c1-3-32(29)28(35)23(17-20-12-13-21-8-4-5-9-22(21)16-20)30-27(34)19(2)18-31-24-10-6-7-11-25(24)36-15-14-26(31)33/h4-13,16,19,23H,3,14-15,17-18,29H2,1-2H3,(H,30,34). The Morgan fingerprint density at radius 2 is 1.81 bits per heavy atom. The average molecular weight is 505 g/mol. The second-order valence-electron chi connectivity index (χ2n) is 9.04. The van der Waals surface area contributed by atoms with Crippen LogP contribution < -0.4 is 16.1 Å². The lowest BCUT2D eigenvalue weighted by molar-refractivity contribution is -0.137. The molecule has 3 aromatic rings. The van der Waals surface area contributed by atoms with E-state index in [0.29, 0.717) is 25.1 Å². The molecule has 2 atom stereocenters. The molecule has 7 nitrogen and oxygen atoms in total. The van der Waals surface area contributed by atoms with Crippen LogP contribution >= 0.6 is 11.8 Å². The van der Waals surface area contributed by atoms with Crippen LogP contribution in [0.25, 0.3) is 10.8 Å².